The van der Waals surface area contributed by atoms with Crippen LogP contribution in [0.5, 0.6) is 0 Å². The van der Waals surface area contributed by atoms with E-state index < -0.39 is 5.60 Å². The normalized spacial score (nSPS) is 12.9. The molecule has 0 bridgehead atoms. The quantitative estimate of drug-likeness (QED) is 0.283. The first-order chi connectivity index (χ1) is 13.6. The van der Waals surface area contributed by atoms with Gasteiger partial charge in [-0.25, -0.2) is 0 Å². The molecule has 0 aliphatic heterocycles. The van der Waals surface area contributed by atoms with Gasteiger partial charge < -0.3 is 9.47 Å². The summed E-state index contributed by atoms with van der Waals surface area (Å²) in [7, 11) is 0. The lowest BCUT2D eigenvalue weighted by molar-refractivity contribution is -0.145. The number of carbonyl (C=O) groups excluding carboxylic acids is 2. The lowest BCUT2D eigenvalue weighted by Gasteiger charge is -2.33. The van der Waals surface area contributed by atoms with E-state index in [0.717, 1.165) is 24.8 Å². The van der Waals surface area contributed by atoms with Gasteiger partial charge in [-0.1, -0.05) is 80.9 Å². The fourth-order valence-corrected chi connectivity index (χ4v) is 3.10. The Bertz CT molecular complexity index is 727. The number of ketones is 1. The highest BCUT2D eigenvalue weighted by Crippen LogP contribution is 2.35. The summed E-state index contributed by atoms with van der Waals surface area (Å²) in [5, 5.41) is 0. The molecule has 0 amide bonds. The minimum absolute atomic E-state index is 0.125. The maximum Gasteiger partial charge on any atom is 0.305 e. The zero-order valence-electron chi connectivity index (χ0n) is 16.9. The molecule has 0 saturated heterocycles. The summed E-state index contributed by atoms with van der Waals surface area (Å²) in [6.45, 7) is 4.87. The van der Waals surface area contributed by atoms with Gasteiger partial charge in [-0.15, -0.1) is 0 Å². The third-order valence-corrected chi connectivity index (χ3v) is 4.64. The maximum absolute atomic E-state index is 13.6. The van der Waals surface area contributed by atoms with Crippen LogP contribution in [0.25, 0.3) is 0 Å². The number of hydrogen-bond acceptors (Lipinski definition) is 4. The first-order valence-electron chi connectivity index (χ1n) is 10.1. The summed E-state index contributed by atoms with van der Waals surface area (Å²) in [6, 6.07) is 18.6. The molecule has 1 unspecified atom stereocenters. The van der Waals surface area contributed by atoms with Crippen molar-refractivity contribution in [1.82, 2.24) is 0 Å². The van der Waals surface area contributed by atoms with Gasteiger partial charge in [-0.3, -0.25) is 9.59 Å². The molecular weight excluding hydrogens is 352 g/mol. The number of esters is 1. The standard InChI is InChI=1S/C24H30O4/c1-3-5-19-28-24(21-14-10-7-11-15-21,17-16-22(25)27-18-4-2)23(26)20-12-8-6-9-13-20/h6-15H,3-5,16-19H2,1-2H3. The van der Waals surface area contributed by atoms with Crippen molar-refractivity contribution in [2.75, 3.05) is 13.2 Å². The van der Waals surface area contributed by atoms with E-state index in [9.17, 15) is 9.59 Å². The molecule has 1 atom stereocenters. The van der Waals surface area contributed by atoms with Gasteiger partial charge >= 0.3 is 5.97 Å². The molecule has 0 spiro atoms. The van der Waals surface area contributed by atoms with Crippen LogP contribution in [0.2, 0.25) is 0 Å². The molecule has 0 aliphatic rings. The third-order valence-electron chi connectivity index (χ3n) is 4.64. The molecule has 2 aromatic rings. The van der Waals surface area contributed by atoms with E-state index in [1.54, 1.807) is 12.1 Å². The predicted molar refractivity (Wildman–Crippen MR) is 110 cm³/mol. The molecule has 2 rings (SSSR count). The van der Waals surface area contributed by atoms with E-state index in [4.69, 9.17) is 9.47 Å². The van der Waals surface area contributed by atoms with Crippen molar-refractivity contribution in [3.8, 4) is 0 Å². The fourth-order valence-electron chi connectivity index (χ4n) is 3.10. The van der Waals surface area contributed by atoms with Gasteiger partial charge in [0.2, 0.25) is 0 Å². The maximum atomic E-state index is 13.6. The Morgan fingerprint density at radius 1 is 0.857 bits per heavy atom. The number of unbranched alkanes of at least 4 members (excludes halogenated alkanes) is 1. The van der Waals surface area contributed by atoms with Crippen LogP contribution >= 0.6 is 0 Å². The van der Waals surface area contributed by atoms with E-state index in [1.807, 2.05) is 55.5 Å². The fraction of sp³-hybridized carbons (Fsp3) is 0.417. The molecule has 0 radical (unpaired) electrons. The Kier molecular flexibility index (Phi) is 8.89. The predicted octanol–water partition coefficient (Wildman–Crippen LogP) is 5.31. The molecule has 0 heterocycles. The van der Waals surface area contributed by atoms with E-state index in [2.05, 4.69) is 6.92 Å². The summed E-state index contributed by atoms with van der Waals surface area (Å²) in [4.78, 5) is 25.8. The average molecular weight is 382 g/mol. The first kappa shape index (κ1) is 21.8. The van der Waals surface area contributed by atoms with E-state index in [1.165, 1.54) is 0 Å². The topological polar surface area (TPSA) is 52.6 Å². The lowest BCUT2D eigenvalue weighted by Crippen LogP contribution is -2.40. The summed E-state index contributed by atoms with van der Waals surface area (Å²) >= 11 is 0. The Labute approximate surface area is 167 Å². The van der Waals surface area contributed by atoms with Crippen molar-refractivity contribution < 1.29 is 19.1 Å². The molecule has 0 aromatic heterocycles. The zero-order valence-corrected chi connectivity index (χ0v) is 16.9. The van der Waals surface area contributed by atoms with Crippen molar-refractivity contribution >= 4 is 11.8 Å². The smallest absolute Gasteiger partial charge is 0.305 e. The molecule has 150 valence electrons. The van der Waals surface area contributed by atoms with Crippen molar-refractivity contribution in [1.29, 1.82) is 0 Å². The van der Waals surface area contributed by atoms with Crippen LogP contribution in [0.4, 0.5) is 0 Å². The van der Waals surface area contributed by atoms with Gasteiger partial charge in [-0.2, -0.15) is 0 Å². The zero-order chi connectivity index (χ0) is 20.2. The van der Waals surface area contributed by atoms with E-state index in [-0.39, 0.29) is 24.6 Å². The SMILES string of the molecule is CCCCOC(CCC(=O)OCCC)(C(=O)c1ccccc1)c1ccccc1. The van der Waals surface area contributed by atoms with Crippen LogP contribution in [-0.2, 0) is 19.9 Å². The Balaban J connectivity index is 2.39. The molecule has 28 heavy (non-hydrogen) atoms. The first-order valence-corrected chi connectivity index (χ1v) is 10.1. The monoisotopic (exact) mass is 382 g/mol. The highest BCUT2D eigenvalue weighted by Gasteiger charge is 2.42. The van der Waals surface area contributed by atoms with Crippen LogP contribution < -0.4 is 0 Å². The molecule has 2 aromatic carbocycles. The minimum atomic E-state index is -1.21. The van der Waals surface area contributed by atoms with Crippen LogP contribution in [0.1, 0.15) is 61.9 Å². The van der Waals surface area contributed by atoms with Crippen LogP contribution in [-0.4, -0.2) is 25.0 Å². The number of hydrogen-bond donors (Lipinski definition) is 0. The van der Waals surface area contributed by atoms with E-state index >= 15 is 0 Å². The second-order valence-electron chi connectivity index (χ2n) is 6.81. The molecule has 0 N–H and O–H groups in total. The molecule has 4 heteroatoms. The van der Waals surface area contributed by atoms with Crippen molar-refractivity contribution in [2.45, 2.75) is 51.6 Å². The van der Waals surface area contributed by atoms with Gasteiger partial charge in [0.05, 0.1) is 6.61 Å². The number of benzene rings is 2. The largest absolute Gasteiger partial charge is 0.466 e. The number of carbonyl (C=O) groups is 2. The lowest BCUT2D eigenvalue weighted by atomic mass is 9.82. The average Bonchev–Trinajstić information content (AvgIpc) is 2.75. The second-order valence-corrected chi connectivity index (χ2v) is 6.81. The van der Waals surface area contributed by atoms with Crippen LogP contribution in [0.15, 0.2) is 60.7 Å². The Morgan fingerprint density at radius 2 is 1.50 bits per heavy atom. The third kappa shape index (κ3) is 5.77. The van der Waals surface area contributed by atoms with E-state index in [0.29, 0.717) is 18.8 Å². The van der Waals surface area contributed by atoms with Gasteiger partial charge in [-0.05, 0) is 24.8 Å². The molecular formula is C24H30O4. The number of rotatable bonds is 12. The number of Topliss-reactive ketones (excluding diaryl/α,β-unsaturated/α-hetero) is 1. The van der Waals surface area contributed by atoms with Crippen LogP contribution in [0.3, 0.4) is 0 Å². The summed E-state index contributed by atoms with van der Waals surface area (Å²) < 4.78 is 11.5. The van der Waals surface area contributed by atoms with Crippen LogP contribution in [0, 0.1) is 0 Å². The molecule has 0 saturated carbocycles. The summed E-state index contributed by atoms with van der Waals surface area (Å²) in [5.74, 6) is -0.430. The van der Waals surface area contributed by atoms with Crippen molar-refractivity contribution in [3.63, 3.8) is 0 Å². The summed E-state index contributed by atoms with van der Waals surface area (Å²) in [6.07, 6.45) is 2.95. The van der Waals surface area contributed by atoms with Gasteiger partial charge in [0.15, 0.2) is 11.4 Å². The Morgan fingerprint density at radius 3 is 2.11 bits per heavy atom. The number of ether oxygens (including phenoxy) is 2. The highest BCUT2D eigenvalue weighted by molar-refractivity contribution is 6.03. The van der Waals surface area contributed by atoms with Gasteiger partial charge in [0.25, 0.3) is 0 Å². The molecule has 0 aliphatic carbocycles. The second kappa shape index (κ2) is 11.4. The Hall–Kier alpha value is -2.46. The minimum Gasteiger partial charge on any atom is -0.466 e. The van der Waals surface area contributed by atoms with Crippen molar-refractivity contribution in [2.24, 2.45) is 0 Å². The molecule has 0 fully saturated rings. The van der Waals surface area contributed by atoms with Gasteiger partial charge in [0, 0.05) is 18.6 Å². The van der Waals surface area contributed by atoms with Gasteiger partial charge in [0.1, 0.15) is 0 Å². The van der Waals surface area contributed by atoms with Crippen molar-refractivity contribution in [3.05, 3.63) is 71.8 Å². The molecule has 4 nitrogen and oxygen atoms in total. The highest BCUT2D eigenvalue weighted by atomic mass is 16.5. The summed E-state index contributed by atoms with van der Waals surface area (Å²) in [5.41, 5.74) is 0.135.